The third-order valence-electron chi connectivity index (χ3n) is 16.2. The molecule has 3 aromatic heterocycles. The van der Waals surface area contributed by atoms with Crippen molar-refractivity contribution < 1.29 is 23.7 Å². The number of aromatic nitrogens is 3. The van der Waals surface area contributed by atoms with Crippen LogP contribution in [0.15, 0.2) is 60.0 Å². The Bertz CT molecular complexity index is 2850. The van der Waals surface area contributed by atoms with Crippen molar-refractivity contribution in [3.8, 4) is 28.5 Å². The number of nitrogens with zero attached hydrogens (tertiary/aromatic N) is 6. The summed E-state index contributed by atoms with van der Waals surface area (Å²) in [7, 11) is 3.38. The number of nitrogens with one attached hydrogen (secondary N) is 1. The molecule has 1 atom stereocenters. The van der Waals surface area contributed by atoms with Gasteiger partial charge in [0.1, 0.15) is 34.8 Å². The number of carbonyl (C=O) groups is 1. The average molecular weight is 1020 g/mol. The largest absolute Gasteiger partial charge is 0.496 e. The van der Waals surface area contributed by atoms with Crippen LogP contribution in [0.25, 0.3) is 32.3 Å². The molecule has 0 spiro atoms. The van der Waals surface area contributed by atoms with Crippen LogP contribution in [0.2, 0.25) is 0 Å². The summed E-state index contributed by atoms with van der Waals surface area (Å²) in [5.74, 6) is 5.11. The molecule has 0 saturated heterocycles. The Morgan fingerprint density at radius 3 is 1.93 bits per heavy atom. The van der Waals surface area contributed by atoms with Gasteiger partial charge in [-0.3, -0.25) is 0 Å². The van der Waals surface area contributed by atoms with Gasteiger partial charge in [-0.1, -0.05) is 105 Å². The lowest BCUT2D eigenvalue weighted by Crippen LogP contribution is -2.36. The monoisotopic (exact) mass is 1020 g/mol. The topological polar surface area (TPSA) is 153 Å². The Morgan fingerprint density at radius 1 is 0.757 bits per heavy atom. The average Bonchev–Trinajstić information content (AvgIpc) is 4.33. The number of hydrogen-bond acceptors (Lipinski definition) is 10. The van der Waals surface area contributed by atoms with Crippen LogP contribution in [0.5, 0.6) is 17.4 Å². The molecule has 4 saturated carbocycles. The zero-order valence-electron chi connectivity index (χ0n) is 46.0. The van der Waals surface area contributed by atoms with Crippen molar-refractivity contribution in [2.75, 3.05) is 19.5 Å². The number of rotatable bonds is 16. The lowest BCUT2D eigenvalue weighted by Gasteiger charge is -2.41. The number of carbonyl (C=O) groups excluding carboxylic acids is 1. The molecule has 0 bridgehead atoms. The molecule has 4 heterocycles. The van der Waals surface area contributed by atoms with Gasteiger partial charge in [0, 0.05) is 34.6 Å². The molecule has 5 aromatic rings. The van der Waals surface area contributed by atoms with Gasteiger partial charge in [-0.15, -0.1) is 0 Å². The maximum atomic E-state index is 12.3. The van der Waals surface area contributed by atoms with Gasteiger partial charge in [0.25, 0.3) is 0 Å². The summed E-state index contributed by atoms with van der Waals surface area (Å²) < 4.78 is 24.1. The fourth-order valence-corrected chi connectivity index (χ4v) is 16.0. The SMILES string of the molecule is CC1(C)Cc2nc(Nc3cc4c(C(C)(N=[N+]=[N-])C5CC5)cnc(OC5CC5)c4cn3)ccc2C(=O)O1.COc1ccc(OC)c(P(C2CCCCC2)C2CCCCC2)c1-c1c(C(C)C)cc(C(C)C)cc1C(C)C. The number of azide groups is 1. The van der Waals surface area contributed by atoms with Crippen LogP contribution in [-0.4, -0.2) is 58.2 Å². The number of ether oxygens (including phenoxy) is 4. The van der Waals surface area contributed by atoms with Crippen molar-refractivity contribution in [2.45, 2.75) is 205 Å². The maximum Gasteiger partial charge on any atom is 0.340 e. The molecule has 13 heteroatoms. The van der Waals surface area contributed by atoms with E-state index in [1.165, 1.54) is 97.3 Å². The van der Waals surface area contributed by atoms with Crippen LogP contribution in [0.3, 0.4) is 0 Å². The van der Waals surface area contributed by atoms with E-state index >= 15 is 0 Å². The second-order valence-electron chi connectivity index (χ2n) is 23.4. The molecule has 1 unspecified atom stereocenters. The molecule has 0 amide bonds. The second kappa shape index (κ2) is 22.4. The van der Waals surface area contributed by atoms with E-state index < -0.39 is 11.1 Å². The molecular weight excluding hydrogens is 942 g/mol. The van der Waals surface area contributed by atoms with Crippen LogP contribution >= 0.6 is 7.92 Å². The van der Waals surface area contributed by atoms with Crippen molar-refractivity contribution in [2.24, 2.45) is 11.0 Å². The van der Waals surface area contributed by atoms with E-state index in [4.69, 9.17) is 18.9 Å². The molecule has 1 N–H and O–H groups in total. The number of methoxy groups -OCH3 is 2. The summed E-state index contributed by atoms with van der Waals surface area (Å²) in [6, 6.07) is 14.8. The summed E-state index contributed by atoms with van der Waals surface area (Å²) in [5.41, 5.74) is 18.8. The van der Waals surface area contributed by atoms with Crippen LogP contribution in [0.4, 0.5) is 11.6 Å². The summed E-state index contributed by atoms with van der Waals surface area (Å²) >= 11 is 0. The van der Waals surface area contributed by atoms with Crippen molar-refractivity contribution in [1.82, 2.24) is 15.0 Å². The van der Waals surface area contributed by atoms with Crippen LogP contribution in [0.1, 0.15) is 208 Å². The first-order chi connectivity index (χ1) is 35.5. The Morgan fingerprint density at radius 2 is 1.38 bits per heavy atom. The highest BCUT2D eigenvalue weighted by atomic mass is 31.1. The van der Waals surface area contributed by atoms with Crippen molar-refractivity contribution in [3.63, 3.8) is 0 Å². The first-order valence-electron chi connectivity index (χ1n) is 27.8. The van der Waals surface area contributed by atoms with E-state index in [0.717, 1.165) is 64.8 Å². The first-order valence-corrected chi connectivity index (χ1v) is 29.3. The zero-order chi connectivity index (χ0) is 52.5. The Kier molecular flexibility index (Phi) is 16.2. The van der Waals surface area contributed by atoms with Gasteiger partial charge in [0.15, 0.2) is 0 Å². The fraction of sp³-hybridized carbons (Fsp3) is 0.574. The van der Waals surface area contributed by atoms with E-state index in [1.54, 1.807) is 24.5 Å². The summed E-state index contributed by atoms with van der Waals surface area (Å²) in [5, 5.41) is 10.7. The van der Waals surface area contributed by atoms with Gasteiger partial charge >= 0.3 is 5.97 Å². The van der Waals surface area contributed by atoms with Crippen molar-refractivity contribution in [3.05, 3.63) is 98.8 Å². The lowest BCUT2D eigenvalue weighted by atomic mass is 9.81. The Balaban J connectivity index is 0.000000182. The third kappa shape index (κ3) is 11.4. The summed E-state index contributed by atoms with van der Waals surface area (Å²) in [6.07, 6.45) is 22.1. The molecule has 10 rings (SSSR count). The normalized spacial score (nSPS) is 18.8. The van der Waals surface area contributed by atoms with E-state index in [1.807, 2.05) is 41.1 Å². The molecule has 2 aromatic carbocycles. The number of cyclic esters (lactones) is 1. The predicted molar refractivity (Wildman–Crippen MR) is 301 cm³/mol. The molecule has 74 heavy (non-hydrogen) atoms. The van der Waals surface area contributed by atoms with Crippen LogP contribution in [-0.2, 0) is 16.7 Å². The van der Waals surface area contributed by atoms with E-state index in [9.17, 15) is 10.3 Å². The zero-order valence-corrected chi connectivity index (χ0v) is 46.9. The molecule has 0 radical (unpaired) electrons. The standard InChI is InChI=1S/C35H53O2P.C26H27N7O3/c1-23(2)26-21-29(24(3)4)33(30(22-26)25(5)6)34-31(36-7)19-20-32(37-8)35(34)38(27-15-11-9-12-16-27)28-17-13-10-14-18-28;1-25(2)11-20-16(24(34)36-25)8-9-21(30-20)31-22-10-17-18(12-28-22)23(35-15-6-7-15)29-13-19(17)26(3,32-33-27)14-4-5-14/h19-25,27-28H,9-18H2,1-8H3;8-10,12-15H,4-7,11H2,1-3H3,(H,28,30,31). The molecule has 394 valence electrons. The molecular formula is C61H80N7O5P. The van der Waals surface area contributed by atoms with Gasteiger partial charge in [0.2, 0.25) is 5.88 Å². The Labute approximate surface area is 441 Å². The highest BCUT2D eigenvalue weighted by molar-refractivity contribution is 7.67. The minimum absolute atomic E-state index is 0.187. The lowest BCUT2D eigenvalue weighted by molar-refractivity contribution is -0.00715. The number of benzene rings is 2. The molecule has 1 aliphatic heterocycles. The molecule has 12 nitrogen and oxygen atoms in total. The quantitative estimate of drug-likeness (QED) is 0.0334. The molecule has 4 aliphatic carbocycles. The van der Waals surface area contributed by atoms with Crippen molar-refractivity contribution in [1.29, 1.82) is 0 Å². The molecule has 5 aliphatic rings. The maximum absolute atomic E-state index is 12.3. The number of anilines is 2. The smallest absolute Gasteiger partial charge is 0.340 e. The van der Waals surface area contributed by atoms with Gasteiger partial charge in [-0.05, 0) is 176 Å². The number of pyridine rings is 3. The summed E-state index contributed by atoms with van der Waals surface area (Å²) in [4.78, 5) is 29.4. The van der Waals surface area contributed by atoms with Gasteiger partial charge < -0.3 is 24.3 Å². The first kappa shape index (κ1) is 53.4. The van der Waals surface area contributed by atoms with Gasteiger partial charge in [-0.25, -0.2) is 19.7 Å². The third-order valence-corrected chi connectivity index (χ3v) is 19.8. The summed E-state index contributed by atoms with van der Waals surface area (Å²) in [6.45, 7) is 19.8. The van der Waals surface area contributed by atoms with Gasteiger partial charge in [0.05, 0.1) is 36.4 Å². The van der Waals surface area contributed by atoms with Crippen molar-refractivity contribution >= 4 is 41.6 Å². The van der Waals surface area contributed by atoms with Gasteiger partial charge in [-0.2, -0.15) is 0 Å². The van der Waals surface area contributed by atoms with E-state index in [0.29, 0.717) is 52.9 Å². The number of hydrogen-bond donors (Lipinski definition) is 1. The fourth-order valence-electron chi connectivity index (χ4n) is 11.9. The van der Waals surface area contributed by atoms with Crippen LogP contribution < -0.4 is 24.8 Å². The minimum Gasteiger partial charge on any atom is -0.496 e. The Hall–Kier alpha value is -5.44. The highest BCUT2D eigenvalue weighted by Crippen LogP contribution is 2.60. The molecule has 4 fully saturated rings. The predicted octanol–water partition coefficient (Wildman–Crippen LogP) is 16.3. The number of esters is 1. The second-order valence-corrected chi connectivity index (χ2v) is 26.1. The highest BCUT2D eigenvalue weighted by Gasteiger charge is 2.44. The number of fused-ring (bicyclic) bond motifs is 2. The van der Waals surface area contributed by atoms with E-state index in [2.05, 4.69) is 96.1 Å². The minimum atomic E-state index is -0.716. The van der Waals surface area contributed by atoms with Crippen LogP contribution in [0, 0.1) is 5.92 Å². The van der Waals surface area contributed by atoms with E-state index in [-0.39, 0.29) is 25.9 Å².